The van der Waals surface area contributed by atoms with Gasteiger partial charge in [0.25, 0.3) is 0 Å². The topological polar surface area (TPSA) is 85.8 Å². The maximum Gasteiger partial charge on any atom is 0.230 e. The minimum Gasteiger partial charge on any atom is -0.349 e. The van der Waals surface area contributed by atoms with E-state index in [-0.39, 0.29) is 17.7 Å². The summed E-state index contributed by atoms with van der Waals surface area (Å²) in [4.78, 5) is 12.3. The van der Waals surface area contributed by atoms with E-state index in [1.807, 2.05) is 43.3 Å². The van der Waals surface area contributed by atoms with E-state index in [9.17, 15) is 4.79 Å². The van der Waals surface area contributed by atoms with Gasteiger partial charge in [-0.15, -0.1) is 10.2 Å². The Kier molecular flexibility index (Phi) is 5.81. The number of hydrogen-bond acceptors (Lipinski definition) is 5. The number of rotatable bonds is 6. The predicted molar refractivity (Wildman–Crippen MR) is 109 cm³/mol. The van der Waals surface area contributed by atoms with E-state index >= 15 is 0 Å². The number of aromatic nitrogens is 3. The van der Waals surface area contributed by atoms with Crippen molar-refractivity contribution in [2.75, 3.05) is 11.6 Å². The zero-order valence-corrected chi connectivity index (χ0v) is 16.5. The molecule has 2 aromatic carbocycles. The van der Waals surface area contributed by atoms with E-state index < -0.39 is 0 Å². The summed E-state index contributed by atoms with van der Waals surface area (Å²) in [6.45, 7) is 6.12. The first kappa shape index (κ1) is 19.0. The lowest BCUT2D eigenvalue weighted by Crippen LogP contribution is -2.28. The number of thioether (sulfide) groups is 1. The molecule has 1 amide bonds. The Hall–Kier alpha value is -2.80. The fourth-order valence-corrected chi connectivity index (χ4v) is 3.36. The van der Waals surface area contributed by atoms with Gasteiger partial charge in [-0.2, -0.15) is 0 Å². The van der Waals surface area contributed by atoms with E-state index in [1.165, 1.54) is 27.6 Å². The zero-order valence-electron chi connectivity index (χ0n) is 15.6. The van der Waals surface area contributed by atoms with E-state index in [2.05, 4.69) is 41.5 Å². The summed E-state index contributed by atoms with van der Waals surface area (Å²) >= 11 is 1.27. The lowest BCUT2D eigenvalue weighted by atomic mass is 10.0. The van der Waals surface area contributed by atoms with Crippen molar-refractivity contribution in [1.29, 1.82) is 0 Å². The molecule has 0 aliphatic rings. The summed E-state index contributed by atoms with van der Waals surface area (Å²) in [6, 6.07) is 15.8. The molecule has 1 aromatic heterocycles. The molecule has 0 radical (unpaired) electrons. The number of benzene rings is 2. The van der Waals surface area contributed by atoms with Crippen molar-refractivity contribution in [3.8, 4) is 11.4 Å². The number of hydrogen-bond donors (Lipinski definition) is 2. The second kappa shape index (κ2) is 8.26. The molecule has 0 spiro atoms. The van der Waals surface area contributed by atoms with Crippen molar-refractivity contribution in [2.45, 2.75) is 32.0 Å². The highest BCUT2D eigenvalue weighted by atomic mass is 32.2. The summed E-state index contributed by atoms with van der Waals surface area (Å²) in [7, 11) is 0. The van der Waals surface area contributed by atoms with Crippen LogP contribution in [0.25, 0.3) is 11.4 Å². The highest BCUT2D eigenvalue weighted by Gasteiger charge is 2.15. The Balaban J connectivity index is 1.59. The average Bonchev–Trinajstić information content (AvgIpc) is 3.03. The molecule has 7 heteroatoms. The van der Waals surface area contributed by atoms with Crippen LogP contribution in [0.1, 0.15) is 29.7 Å². The number of nitrogens with one attached hydrogen (secondary N) is 1. The Morgan fingerprint density at radius 3 is 2.59 bits per heavy atom. The fraction of sp³-hybridized carbons (Fsp3) is 0.250. The first-order valence-electron chi connectivity index (χ1n) is 8.71. The molecule has 27 heavy (non-hydrogen) atoms. The van der Waals surface area contributed by atoms with Gasteiger partial charge in [0, 0.05) is 5.56 Å². The molecule has 0 fully saturated rings. The van der Waals surface area contributed by atoms with Crippen LogP contribution in [0.5, 0.6) is 0 Å². The van der Waals surface area contributed by atoms with Gasteiger partial charge in [-0.1, -0.05) is 60.3 Å². The van der Waals surface area contributed by atoms with Gasteiger partial charge in [-0.3, -0.25) is 4.79 Å². The number of aryl methyl sites for hydroxylation is 2. The van der Waals surface area contributed by atoms with Crippen LogP contribution < -0.4 is 11.2 Å². The molecule has 1 atom stereocenters. The minimum absolute atomic E-state index is 0.0620. The van der Waals surface area contributed by atoms with Gasteiger partial charge in [0.15, 0.2) is 5.82 Å². The molecular formula is C20H23N5OS. The van der Waals surface area contributed by atoms with E-state index in [1.54, 1.807) is 0 Å². The highest BCUT2D eigenvalue weighted by molar-refractivity contribution is 7.99. The second-order valence-corrected chi connectivity index (χ2v) is 7.41. The average molecular weight is 382 g/mol. The minimum atomic E-state index is -0.0741. The molecule has 0 saturated carbocycles. The monoisotopic (exact) mass is 381 g/mol. The third-order valence-electron chi connectivity index (χ3n) is 4.44. The summed E-state index contributed by atoms with van der Waals surface area (Å²) in [6.07, 6.45) is 0. The SMILES string of the molecule is Cc1ccc(C(C)NC(=O)CSc2nnc(-c3ccccc3)n2N)cc1C. The van der Waals surface area contributed by atoms with Crippen molar-refractivity contribution < 1.29 is 4.79 Å². The van der Waals surface area contributed by atoms with Crippen molar-refractivity contribution in [3.63, 3.8) is 0 Å². The molecule has 3 rings (SSSR count). The molecule has 0 bridgehead atoms. The van der Waals surface area contributed by atoms with Crippen molar-refractivity contribution >= 4 is 17.7 Å². The molecule has 0 aliphatic heterocycles. The summed E-state index contributed by atoms with van der Waals surface area (Å²) in [5, 5.41) is 11.7. The van der Waals surface area contributed by atoms with Crippen LogP contribution in [0.15, 0.2) is 53.7 Å². The first-order valence-corrected chi connectivity index (χ1v) is 9.69. The summed E-state index contributed by atoms with van der Waals surface area (Å²) in [5.74, 6) is 6.80. The quantitative estimate of drug-likeness (QED) is 0.506. The molecule has 0 aliphatic carbocycles. The number of carbonyl (C=O) groups is 1. The lowest BCUT2D eigenvalue weighted by Gasteiger charge is -2.15. The predicted octanol–water partition coefficient (Wildman–Crippen LogP) is 3.25. The Morgan fingerprint density at radius 2 is 1.89 bits per heavy atom. The van der Waals surface area contributed by atoms with Crippen molar-refractivity contribution in [1.82, 2.24) is 20.2 Å². The van der Waals surface area contributed by atoms with E-state index in [4.69, 9.17) is 5.84 Å². The number of nitrogens with two attached hydrogens (primary N) is 1. The molecule has 3 N–H and O–H groups in total. The van der Waals surface area contributed by atoms with E-state index in [0.29, 0.717) is 11.0 Å². The third kappa shape index (κ3) is 4.49. The van der Waals surface area contributed by atoms with Crippen LogP contribution >= 0.6 is 11.8 Å². The van der Waals surface area contributed by atoms with Gasteiger partial charge < -0.3 is 11.2 Å². The third-order valence-corrected chi connectivity index (χ3v) is 5.38. The smallest absolute Gasteiger partial charge is 0.230 e. The normalized spacial score (nSPS) is 12.0. The van der Waals surface area contributed by atoms with Crippen molar-refractivity contribution in [3.05, 3.63) is 65.2 Å². The van der Waals surface area contributed by atoms with E-state index in [0.717, 1.165) is 11.1 Å². The van der Waals surface area contributed by atoms with Crippen LogP contribution in [0.4, 0.5) is 0 Å². The molecule has 1 unspecified atom stereocenters. The number of carbonyl (C=O) groups excluding carboxylic acids is 1. The molecule has 140 valence electrons. The molecule has 6 nitrogen and oxygen atoms in total. The lowest BCUT2D eigenvalue weighted by molar-refractivity contribution is -0.119. The summed E-state index contributed by atoms with van der Waals surface area (Å²) in [5.41, 5.74) is 4.42. The van der Waals surface area contributed by atoms with Crippen molar-refractivity contribution in [2.24, 2.45) is 0 Å². The fourth-order valence-electron chi connectivity index (χ4n) is 2.69. The van der Waals surface area contributed by atoms with Crippen LogP contribution in [0.2, 0.25) is 0 Å². The van der Waals surface area contributed by atoms with Crippen LogP contribution in [-0.2, 0) is 4.79 Å². The van der Waals surface area contributed by atoms with Crippen LogP contribution in [-0.4, -0.2) is 26.5 Å². The Bertz CT molecular complexity index is 939. The maximum absolute atomic E-state index is 12.3. The maximum atomic E-state index is 12.3. The van der Waals surface area contributed by atoms with Gasteiger partial charge in [0.05, 0.1) is 11.8 Å². The largest absolute Gasteiger partial charge is 0.349 e. The molecule has 0 saturated heterocycles. The Morgan fingerprint density at radius 1 is 1.15 bits per heavy atom. The second-order valence-electron chi connectivity index (χ2n) is 6.46. The molecule has 3 aromatic rings. The van der Waals surface area contributed by atoms with Gasteiger partial charge in [-0.25, -0.2) is 4.68 Å². The van der Waals surface area contributed by atoms with Crippen LogP contribution in [0.3, 0.4) is 0 Å². The van der Waals surface area contributed by atoms with Gasteiger partial charge in [0.1, 0.15) is 0 Å². The van der Waals surface area contributed by atoms with Gasteiger partial charge in [0.2, 0.25) is 11.1 Å². The highest BCUT2D eigenvalue weighted by Crippen LogP contribution is 2.22. The zero-order chi connectivity index (χ0) is 19.4. The molecular weight excluding hydrogens is 358 g/mol. The number of nitrogens with zero attached hydrogens (tertiary/aromatic N) is 3. The van der Waals surface area contributed by atoms with Gasteiger partial charge >= 0.3 is 0 Å². The number of nitrogen functional groups attached to an aromatic ring is 1. The summed E-state index contributed by atoms with van der Waals surface area (Å²) < 4.78 is 1.42. The van der Waals surface area contributed by atoms with Gasteiger partial charge in [-0.05, 0) is 37.5 Å². The molecule has 1 heterocycles. The standard InChI is InChI=1S/C20H23N5OS/c1-13-9-10-17(11-14(13)2)15(3)22-18(26)12-27-20-24-23-19(25(20)21)16-7-5-4-6-8-16/h4-11,15H,12,21H2,1-3H3,(H,22,26). The van der Waals surface area contributed by atoms with Crippen LogP contribution in [0, 0.1) is 13.8 Å². The Labute approximate surface area is 163 Å². The number of amides is 1. The first-order chi connectivity index (χ1) is 13.0.